The molecule has 1 atom stereocenters. The number of piperidine rings is 1. The van der Waals surface area contributed by atoms with Crippen LogP contribution in [-0.4, -0.2) is 39.9 Å². The molecule has 1 unspecified atom stereocenters. The quantitative estimate of drug-likeness (QED) is 0.539. The third-order valence-corrected chi connectivity index (χ3v) is 4.83. The summed E-state index contributed by atoms with van der Waals surface area (Å²) in [6.07, 6.45) is 1.87. The van der Waals surface area contributed by atoms with Crippen molar-refractivity contribution in [3.63, 3.8) is 0 Å². The first-order valence-electron chi connectivity index (χ1n) is 8.65. The number of rotatable bonds is 3. The second-order valence-corrected chi connectivity index (χ2v) is 8.31. The highest BCUT2D eigenvalue weighted by Crippen LogP contribution is 2.30. The minimum Gasteiger partial charge on any atom is -0.444 e. The molecule has 1 aromatic heterocycles. The molecule has 0 spiro atoms. The summed E-state index contributed by atoms with van der Waals surface area (Å²) in [5.74, 6) is 0.333. The summed E-state index contributed by atoms with van der Waals surface area (Å²) >= 11 is 2.13. The Kier molecular flexibility index (Phi) is 5.52. The number of aromatic amines is 1. The molecule has 0 aliphatic carbocycles. The zero-order valence-electron chi connectivity index (χ0n) is 14.9. The molecule has 25 heavy (non-hydrogen) atoms. The minimum absolute atomic E-state index is 0.213. The summed E-state index contributed by atoms with van der Waals surface area (Å²) < 4.78 is 8.63. The lowest BCUT2D eigenvalue weighted by molar-refractivity contribution is 0.0198. The van der Waals surface area contributed by atoms with Crippen molar-refractivity contribution in [3.05, 3.63) is 29.5 Å². The van der Waals surface area contributed by atoms with Gasteiger partial charge in [-0.2, -0.15) is 5.10 Å². The molecule has 6 nitrogen and oxygen atoms in total. The van der Waals surface area contributed by atoms with Gasteiger partial charge in [0.05, 0.1) is 11.2 Å². The van der Waals surface area contributed by atoms with Crippen LogP contribution >= 0.6 is 22.9 Å². The number of carbonyl (C=O) groups is 1. The molecular weight excluding hydrogens is 431 g/mol. The van der Waals surface area contributed by atoms with Crippen LogP contribution in [0, 0.1) is 0 Å². The van der Waals surface area contributed by atoms with Gasteiger partial charge < -0.3 is 9.64 Å². The van der Waals surface area contributed by atoms with Crippen LogP contribution in [0.25, 0.3) is 10.9 Å². The Morgan fingerprint density at radius 1 is 1.48 bits per heavy atom. The molecule has 2 aromatic rings. The van der Waals surface area contributed by atoms with Gasteiger partial charge in [0.15, 0.2) is 0 Å². The van der Waals surface area contributed by atoms with Gasteiger partial charge in [0.1, 0.15) is 5.60 Å². The second kappa shape index (κ2) is 7.49. The van der Waals surface area contributed by atoms with Crippen LogP contribution in [0.15, 0.2) is 18.2 Å². The molecule has 0 saturated carbocycles. The minimum atomic E-state index is -0.456. The SMILES string of the molecule is CC(C)(C)OC(=O)N1CCCC(c2ccc3c(CNI)n[nH]c3c2)C1. The lowest BCUT2D eigenvalue weighted by atomic mass is 9.90. The van der Waals surface area contributed by atoms with E-state index in [0.717, 1.165) is 42.5 Å². The number of hydrogen-bond acceptors (Lipinski definition) is 4. The fourth-order valence-electron chi connectivity index (χ4n) is 3.29. The van der Waals surface area contributed by atoms with Gasteiger partial charge in [0.2, 0.25) is 0 Å². The Morgan fingerprint density at radius 2 is 2.28 bits per heavy atom. The van der Waals surface area contributed by atoms with Crippen molar-refractivity contribution >= 4 is 39.9 Å². The van der Waals surface area contributed by atoms with Crippen molar-refractivity contribution in [3.8, 4) is 0 Å². The normalized spacial score (nSPS) is 18.6. The Morgan fingerprint density at radius 3 is 3.00 bits per heavy atom. The number of fused-ring (bicyclic) bond motifs is 1. The monoisotopic (exact) mass is 456 g/mol. The Balaban J connectivity index is 1.75. The maximum atomic E-state index is 12.4. The first kappa shape index (κ1) is 18.4. The maximum absolute atomic E-state index is 12.4. The summed E-state index contributed by atoms with van der Waals surface area (Å²) in [6, 6.07) is 6.46. The number of nitrogens with zero attached hydrogens (tertiary/aromatic N) is 2. The molecule has 0 bridgehead atoms. The molecule has 7 heteroatoms. The van der Waals surface area contributed by atoms with Crippen LogP contribution in [0.5, 0.6) is 0 Å². The molecule has 0 radical (unpaired) electrons. The first-order valence-corrected chi connectivity index (χ1v) is 9.73. The van der Waals surface area contributed by atoms with E-state index in [1.807, 2.05) is 25.7 Å². The third kappa shape index (κ3) is 4.44. The molecule has 3 rings (SSSR count). The molecular formula is C18H25IN4O2. The van der Waals surface area contributed by atoms with Crippen molar-refractivity contribution in [1.29, 1.82) is 0 Å². The highest BCUT2D eigenvalue weighted by atomic mass is 127. The fourth-order valence-corrected chi connectivity index (χ4v) is 3.65. The van der Waals surface area contributed by atoms with Crippen molar-refractivity contribution in [1.82, 2.24) is 18.6 Å². The number of halogens is 1. The average Bonchev–Trinajstić information content (AvgIpc) is 2.96. The van der Waals surface area contributed by atoms with Crippen LogP contribution in [0.2, 0.25) is 0 Å². The van der Waals surface area contributed by atoms with E-state index in [0.29, 0.717) is 12.5 Å². The van der Waals surface area contributed by atoms with Gasteiger partial charge in [0, 0.05) is 53.8 Å². The van der Waals surface area contributed by atoms with E-state index in [2.05, 4.69) is 54.8 Å². The maximum Gasteiger partial charge on any atom is 0.410 e. The van der Waals surface area contributed by atoms with E-state index in [4.69, 9.17) is 4.74 Å². The molecule has 1 amide bonds. The Bertz CT molecular complexity index is 753. The van der Waals surface area contributed by atoms with Crippen LogP contribution in [0.3, 0.4) is 0 Å². The summed E-state index contributed by atoms with van der Waals surface area (Å²) in [6.45, 7) is 7.91. The number of aromatic nitrogens is 2. The van der Waals surface area contributed by atoms with Gasteiger partial charge in [-0.1, -0.05) is 12.1 Å². The molecule has 1 aliphatic heterocycles. The van der Waals surface area contributed by atoms with Crippen molar-refractivity contribution in [2.24, 2.45) is 0 Å². The van der Waals surface area contributed by atoms with Crippen LogP contribution < -0.4 is 3.53 Å². The average molecular weight is 456 g/mol. The van der Waals surface area contributed by atoms with Gasteiger partial charge in [0.25, 0.3) is 0 Å². The molecule has 1 fully saturated rings. The summed E-state index contributed by atoms with van der Waals surface area (Å²) in [5.41, 5.74) is 2.86. The van der Waals surface area contributed by atoms with Gasteiger partial charge in [-0.15, -0.1) is 0 Å². The van der Waals surface area contributed by atoms with Crippen LogP contribution in [-0.2, 0) is 11.3 Å². The van der Waals surface area contributed by atoms with Gasteiger partial charge in [-0.3, -0.25) is 8.63 Å². The molecule has 2 heterocycles. The van der Waals surface area contributed by atoms with E-state index in [9.17, 15) is 4.79 Å². The van der Waals surface area contributed by atoms with E-state index < -0.39 is 5.60 Å². The van der Waals surface area contributed by atoms with E-state index in [-0.39, 0.29) is 6.09 Å². The van der Waals surface area contributed by atoms with Crippen LogP contribution in [0.4, 0.5) is 4.79 Å². The molecule has 1 aliphatic rings. The number of amides is 1. The van der Waals surface area contributed by atoms with E-state index >= 15 is 0 Å². The predicted molar refractivity (Wildman–Crippen MR) is 107 cm³/mol. The van der Waals surface area contributed by atoms with E-state index in [1.54, 1.807) is 0 Å². The predicted octanol–water partition coefficient (Wildman–Crippen LogP) is 4.12. The van der Waals surface area contributed by atoms with E-state index in [1.165, 1.54) is 5.56 Å². The number of H-pyrrole nitrogens is 1. The molecule has 2 N–H and O–H groups in total. The fraction of sp³-hybridized carbons (Fsp3) is 0.556. The summed E-state index contributed by atoms with van der Waals surface area (Å²) in [4.78, 5) is 14.2. The number of nitrogens with one attached hydrogen (secondary N) is 2. The Labute approximate surface area is 162 Å². The van der Waals surface area contributed by atoms with Gasteiger partial charge in [-0.05, 0) is 45.2 Å². The number of benzene rings is 1. The molecule has 1 aromatic carbocycles. The lowest BCUT2D eigenvalue weighted by Crippen LogP contribution is -2.42. The van der Waals surface area contributed by atoms with Crippen molar-refractivity contribution in [2.75, 3.05) is 13.1 Å². The highest BCUT2D eigenvalue weighted by Gasteiger charge is 2.28. The van der Waals surface area contributed by atoms with Crippen molar-refractivity contribution in [2.45, 2.75) is 51.7 Å². The number of ether oxygens (including phenoxy) is 1. The van der Waals surface area contributed by atoms with Crippen LogP contribution in [0.1, 0.15) is 50.8 Å². The van der Waals surface area contributed by atoms with Gasteiger partial charge >= 0.3 is 6.09 Å². The third-order valence-electron chi connectivity index (χ3n) is 4.44. The zero-order chi connectivity index (χ0) is 18.0. The van der Waals surface area contributed by atoms with Gasteiger partial charge in [-0.25, -0.2) is 4.79 Å². The van der Waals surface area contributed by atoms with Crippen molar-refractivity contribution < 1.29 is 9.53 Å². The zero-order valence-corrected chi connectivity index (χ0v) is 17.1. The number of hydrogen-bond donors (Lipinski definition) is 2. The second-order valence-electron chi connectivity index (χ2n) is 7.55. The molecule has 136 valence electrons. The summed E-state index contributed by atoms with van der Waals surface area (Å²) in [5, 5.41) is 8.64. The lowest BCUT2D eigenvalue weighted by Gasteiger charge is -2.34. The summed E-state index contributed by atoms with van der Waals surface area (Å²) in [7, 11) is 0. The first-order chi connectivity index (χ1) is 11.9. The number of carbonyl (C=O) groups excluding carboxylic acids is 1. The largest absolute Gasteiger partial charge is 0.444 e. The highest BCUT2D eigenvalue weighted by molar-refractivity contribution is 14.1. The molecule has 1 saturated heterocycles. The standard InChI is InChI=1S/C18H25IN4O2/c1-18(2,3)25-17(24)23-8-4-5-13(11-23)12-6-7-14-15(9-12)21-22-16(14)10-20-19/h6-7,9,13,20H,4-5,8,10-11H2,1-3H3,(H,21,22). The number of likely N-dealkylation sites (tertiary alicyclic amines) is 1. The topological polar surface area (TPSA) is 70.2 Å². The smallest absolute Gasteiger partial charge is 0.410 e. The Hall–Kier alpha value is -1.35.